The van der Waals surface area contributed by atoms with E-state index in [1.807, 2.05) is 0 Å². The molecule has 1 aromatic carbocycles. The number of carboxylic acids is 1. The Morgan fingerprint density at radius 3 is 2.78 bits per heavy atom. The fraction of sp³-hybridized carbons (Fsp3) is 0.500. The Kier molecular flexibility index (Phi) is 4.61. The molecule has 1 saturated heterocycles. The summed E-state index contributed by atoms with van der Waals surface area (Å²) in [6.07, 6.45) is 1.30. The lowest BCUT2D eigenvalue weighted by Gasteiger charge is -2.24. The van der Waals surface area contributed by atoms with Crippen LogP contribution < -0.4 is 0 Å². The van der Waals surface area contributed by atoms with E-state index in [1.165, 1.54) is 9.13 Å². The van der Waals surface area contributed by atoms with Crippen molar-refractivity contribution in [1.82, 2.24) is 4.90 Å². The number of nitrogens with zero attached hydrogens (tertiary/aromatic N) is 1. The molecule has 1 fully saturated rings. The van der Waals surface area contributed by atoms with E-state index in [0.29, 0.717) is 18.4 Å². The predicted molar refractivity (Wildman–Crippen MR) is 79.5 cm³/mol. The van der Waals surface area contributed by atoms with Crippen molar-refractivity contribution in [3.8, 4) is 0 Å². The SMILES string of the molecule is CC(c1ccc(I)cc1)N1CCC(CC(=O)O)C1. The maximum absolute atomic E-state index is 10.7. The van der Waals surface area contributed by atoms with Gasteiger partial charge in [-0.3, -0.25) is 9.69 Å². The van der Waals surface area contributed by atoms with Gasteiger partial charge in [-0.15, -0.1) is 0 Å². The lowest BCUT2D eigenvalue weighted by atomic mass is 10.1. The van der Waals surface area contributed by atoms with E-state index >= 15 is 0 Å². The largest absolute Gasteiger partial charge is 0.481 e. The third-order valence-corrected chi connectivity index (χ3v) is 4.40. The van der Waals surface area contributed by atoms with Crippen LogP contribution in [0.1, 0.15) is 31.4 Å². The molecule has 0 bridgehead atoms. The standard InChI is InChI=1S/C14H18INO2/c1-10(12-2-4-13(15)5-3-12)16-7-6-11(9-16)8-14(17)18/h2-5,10-11H,6-9H2,1H3,(H,17,18). The summed E-state index contributed by atoms with van der Waals surface area (Å²) in [6, 6.07) is 8.95. The van der Waals surface area contributed by atoms with Crippen LogP contribution in [-0.2, 0) is 4.79 Å². The lowest BCUT2D eigenvalue weighted by molar-refractivity contribution is -0.138. The van der Waals surface area contributed by atoms with E-state index in [0.717, 1.165) is 19.5 Å². The van der Waals surface area contributed by atoms with Crippen molar-refractivity contribution >= 4 is 28.6 Å². The zero-order valence-corrected chi connectivity index (χ0v) is 12.6. The quantitative estimate of drug-likeness (QED) is 0.840. The first-order valence-electron chi connectivity index (χ1n) is 6.27. The van der Waals surface area contributed by atoms with Gasteiger partial charge in [-0.2, -0.15) is 0 Å². The van der Waals surface area contributed by atoms with Crippen LogP contribution in [0.3, 0.4) is 0 Å². The topological polar surface area (TPSA) is 40.5 Å². The summed E-state index contributed by atoms with van der Waals surface area (Å²) >= 11 is 2.31. The number of carbonyl (C=O) groups is 1. The highest BCUT2D eigenvalue weighted by Gasteiger charge is 2.27. The van der Waals surface area contributed by atoms with Gasteiger partial charge in [-0.25, -0.2) is 0 Å². The van der Waals surface area contributed by atoms with Crippen molar-refractivity contribution in [2.45, 2.75) is 25.8 Å². The van der Waals surface area contributed by atoms with Gasteiger partial charge < -0.3 is 5.11 Å². The Morgan fingerprint density at radius 1 is 1.50 bits per heavy atom. The van der Waals surface area contributed by atoms with E-state index in [-0.39, 0.29) is 0 Å². The number of halogens is 1. The van der Waals surface area contributed by atoms with E-state index in [2.05, 4.69) is 58.7 Å². The number of carboxylic acid groups (broad SMARTS) is 1. The van der Waals surface area contributed by atoms with Gasteiger partial charge in [0.2, 0.25) is 0 Å². The van der Waals surface area contributed by atoms with Crippen molar-refractivity contribution in [2.24, 2.45) is 5.92 Å². The van der Waals surface area contributed by atoms with Crippen LogP contribution in [0.5, 0.6) is 0 Å². The molecule has 1 N–H and O–H groups in total. The molecular formula is C14H18INO2. The van der Waals surface area contributed by atoms with Crippen LogP contribution in [0.25, 0.3) is 0 Å². The maximum atomic E-state index is 10.7. The van der Waals surface area contributed by atoms with E-state index in [4.69, 9.17) is 5.11 Å². The molecule has 1 aliphatic heterocycles. The van der Waals surface area contributed by atoms with Crippen LogP contribution in [0.2, 0.25) is 0 Å². The van der Waals surface area contributed by atoms with Crippen LogP contribution in [0.15, 0.2) is 24.3 Å². The van der Waals surface area contributed by atoms with Crippen LogP contribution in [0.4, 0.5) is 0 Å². The average Bonchev–Trinajstić information content (AvgIpc) is 2.76. The van der Waals surface area contributed by atoms with Crippen molar-refractivity contribution in [3.05, 3.63) is 33.4 Å². The molecule has 0 aromatic heterocycles. The number of benzene rings is 1. The molecule has 2 rings (SSSR count). The maximum Gasteiger partial charge on any atom is 0.303 e. The highest BCUT2D eigenvalue weighted by Crippen LogP contribution is 2.29. The molecule has 0 saturated carbocycles. The minimum absolute atomic E-state index is 0.301. The van der Waals surface area contributed by atoms with Crippen molar-refractivity contribution < 1.29 is 9.90 Å². The fourth-order valence-electron chi connectivity index (χ4n) is 2.58. The molecule has 2 atom stereocenters. The first-order chi connectivity index (χ1) is 8.56. The van der Waals surface area contributed by atoms with E-state index < -0.39 is 5.97 Å². The zero-order chi connectivity index (χ0) is 13.1. The molecule has 0 radical (unpaired) electrons. The Balaban J connectivity index is 1.96. The second kappa shape index (κ2) is 6.02. The first-order valence-corrected chi connectivity index (χ1v) is 7.35. The molecule has 0 spiro atoms. The van der Waals surface area contributed by atoms with Gasteiger partial charge in [0.15, 0.2) is 0 Å². The van der Waals surface area contributed by atoms with Gasteiger partial charge in [-0.1, -0.05) is 12.1 Å². The van der Waals surface area contributed by atoms with Crippen molar-refractivity contribution in [3.63, 3.8) is 0 Å². The minimum Gasteiger partial charge on any atom is -0.481 e. The van der Waals surface area contributed by atoms with Gasteiger partial charge in [0.05, 0.1) is 0 Å². The molecule has 98 valence electrons. The van der Waals surface area contributed by atoms with Crippen LogP contribution >= 0.6 is 22.6 Å². The molecule has 0 amide bonds. The number of likely N-dealkylation sites (tertiary alicyclic amines) is 1. The third-order valence-electron chi connectivity index (χ3n) is 3.68. The monoisotopic (exact) mass is 359 g/mol. The van der Waals surface area contributed by atoms with Crippen molar-refractivity contribution in [1.29, 1.82) is 0 Å². The summed E-state index contributed by atoms with van der Waals surface area (Å²) < 4.78 is 1.24. The van der Waals surface area contributed by atoms with Gasteiger partial charge in [0.25, 0.3) is 0 Å². The lowest BCUT2D eigenvalue weighted by Crippen LogP contribution is -2.25. The van der Waals surface area contributed by atoms with E-state index in [1.54, 1.807) is 0 Å². The third kappa shape index (κ3) is 3.45. The molecule has 1 aromatic rings. The summed E-state index contributed by atoms with van der Waals surface area (Å²) in [7, 11) is 0. The number of rotatable bonds is 4. The fourth-order valence-corrected chi connectivity index (χ4v) is 2.94. The molecule has 1 aliphatic rings. The minimum atomic E-state index is -0.677. The Labute approximate surface area is 121 Å². The van der Waals surface area contributed by atoms with Gasteiger partial charge in [0.1, 0.15) is 0 Å². The highest BCUT2D eigenvalue weighted by atomic mass is 127. The molecule has 1 heterocycles. The predicted octanol–water partition coefficient (Wildman–Crippen LogP) is 3.15. The summed E-state index contributed by atoms with van der Waals surface area (Å²) in [6.45, 7) is 4.11. The first kappa shape index (κ1) is 13.8. The van der Waals surface area contributed by atoms with Crippen molar-refractivity contribution in [2.75, 3.05) is 13.1 Å². The summed E-state index contributed by atoms with van der Waals surface area (Å²) in [5, 5.41) is 8.83. The molecule has 18 heavy (non-hydrogen) atoms. The Morgan fingerprint density at radius 2 is 2.17 bits per heavy atom. The summed E-state index contributed by atoms with van der Waals surface area (Å²) in [5.74, 6) is -0.363. The average molecular weight is 359 g/mol. The molecule has 2 unspecified atom stereocenters. The Bertz CT molecular complexity index is 418. The van der Waals surface area contributed by atoms with Crippen LogP contribution in [-0.4, -0.2) is 29.1 Å². The second-order valence-corrected chi connectivity index (χ2v) is 6.22. The zero-order valence-electron chi connectivity index (χ0n) is 10.5. The molecular weight excluding hydrogens is 341 g/mol. The second-order valence-electron chi connectivity index (χ2n) is 4.98. The number of aliphatic carboxylic acids is 1. The summed E-state index contributed by atoms with van der Waals surface area (Å²) in [5.41, 5.74) is 1.31. The van der Waals surface area contributed by atoms with E-state index in [9.17, 15) is 4.79 Å². The Hall–Kier alpha value is -0.620. The highest BCUT2D eigenvalue weighted by molar-refractivity contribution is 14.1. The molecule has 0 aliphatic carbocycles. The smallest absolute Gasteiger partial charge is 0.303 e. The normalized spacial score (nSPS) is 22.0. The van der Waals surface area contributed by atoms with Crippen LogP contribution in [0, 0.1) is 9.49 Å². The summed E-state index contributed by atoms with van der Waals surface area (Å²) in [4.78, 5) is 13.1. The molecule has 4 heteroatoms. The van der Waals surface area contributed by atoms with Gasteiger partial charge >= 0.3 is 5.97 Å². The molecule has 3 nitrogen and oxygen atoms in total. The number of hydrogen-bond acceptors (Lipinski definition) is 2. The van der Waals surface area contributed by atoms with Gasteiger partial charge in [0, 0.05) is 22.6 Å². The van der Waals surface area contributed by atoms with Gasteiger partial charge in [-0.05, 0) is 66.1 Å². The number of hydrogen-bond donors (Lipinski definition) is 1.